The van der Waals surface area contributed by atoms with Crippen molar-refractivity contribution in [3.63, 3.8) is 0 Å². The standard InChI is InChI=1S/C9H14O8/c1-5(11)17-9(15)7(2-8(13)14)16-4-6(12)3-10/h6-7,10,12H,2-4H2,1H3,(H,13,14). The molecule has 0 bridgehead atoms. The Bertz CT molecular complexity index is 287. The summed E-state index contributed by atoms with van der Waals surface area (Å²) in [5.74, 6) is -3.37. The second-order valence-electron chi connectivity index (χ2n) is 3.17. The highest BCUT2D eigenvalue weighted by molar-refractivity contribution is 5.89. The maximum Gasteiger partial charge on any atom is 0.343 e. The van der Waals surface area contributed by atoms with E-state index in [1.807, 2.05) is 0 Å². The fraction of sp³-hybridized carbons (Fsp3) is 0.667. The van der Waals surface area contributed by atoms with Crippen LogP contribution in [0.3, 0.4) is 0 Å². The number of carbonyl (C=O) groups excluding carboxylic acids is 2. The number of carbonyl (C=O) groups is 3. The van der Waals surface area contributed by atoms with Gasteiger partial charge in [-0.15, -0.1) is 0 Å². The number of hydrogen-bond donors (Lipinski definition) is 3. The molecule has 0 saturated carbocycles. The van der Waals surface area contributed by atoms with Crippen molar-refractivity contribution in [2.24, 2.45) is 0 Å². The third-order valence-corrected chi connectivity index (χ3v) is 1.57. The van der Waals surface area contributed by atoms with E-state index >= 15 is 0 Å². The van der Waals surface area contributed by atoms with Gasteiger partial charge in [0.15, 0.2) is 6.10 Å². The van der Waals surface area contributed by atoms with Gasteiger partial charge in [-0.3, -0.25) is 9.59 Å². The van der Waals surface area contributed by atoms with E-state index in [-0.39, 0.29) is 0 Å². The molecular formula is C9H14O8. The molecule has 8 nitrogen and oxygen atoms in total. The summed E-state index contributed by atoms with van der Waals surface area (Å²) in [6, 6.07) is 0. The Morgan fingerprint density at radius 2 is 1.88 bits per heavy atom. The minimum Gasteiger partial charge on any atom is -0.481 e. The fourth-order valence-corrected chi connectivity index (χ4v) is 0.856. The van der Waals surface area contributed by atoms with E-state index in [0.717, 1.165) is 6.92 Å². The van der Waals surface area contributed by atoms with Crippen LogP contribution in [0.15, 0.2) is 0 Å². The van der Waals surface area contributed by atoms with Crippen LogP contribution < -0.4 is 0 Å². The van der Waals surface area contributed by atoms with Gasteiger partial charge in [-0.2, -0.15) is 0 Å². The van der Waals surface area contributed by atoms with E-state index in [2.05, 4.69) is 4.74 Å². The fourth-order valence-electron chi connectivity index (χ4n) is 0.856. The molecule has 0 saturated heterocycles. The first kappa shape index (κ1) is 15.5. The summed E-state index contributed by atoms with van der Waals surface area (Å²) >= 11 is 0. The van der Waals surface area contributed by atoms with Crippen LogP contribution in [0.5, 0.6) is 0 Å². The molecule has 3 N–H and O–H groups in total. The van der Waals surface area contributed by atoms with Crippen LogP contribution in [0.2, 0.25) is 0 Å². The molecule has 0 spiro atoms. The average Bonchev–Trinajstić information content (AvgIpc) is 2.21. The van der Waals surface area contributed by atoms with Gasteiger partial charge in [-0.25, -0.2) is 4.79 Å². The molecule has 8 heteroatoms. The Morgan fingerprint density at radius 3 is 2.29 bits per heavy atom. The summed E-state index contributed by atoms with van der Waals surface area (Å²) in [4.78, 5) is 32.1. The van der Waals surface area contributed by atoms with Crippen molar-refractivity contribution in [2.45, 2.75) is 25.6 Å². The van der Waals surface area contributed by atoms with Crippen molar-refractivity contribution < 1.29 is 39.2 Å². The number of rotatable bonds is 7. The Labute approximate surface area is 96.8 Å². The third kappa shape index (κ3) is 7.39. The third-order valence-electron chi connectivity index (χ3n) is 1.57. The minimum atomic E-state index is -1.50. The minimum absolute atomic E-state index is 0.443. The number of hydrogen-bond acceptors (Lipinski definition) is 7. The lowest BCUT2D eigenvalue weighted by molar-refractivity contribution is -0.171. The predicted molar refractivity (Wildman–Crippen MR) is 51.9 cm³/mol. The van der Waals surface area contributed by atoms with Crippen LogP contribution in [0.25, 0.3) is 0 Å². The number of aliphatic hydroxyl groups excluding tert-OH is 2. The highest BCUT2D eigenvalue weighted by Gasteiger charge is 2.26. The van der Waals surface area contributed by atoms with Crippen molar-refractivity contribution >= 4 is 17.9 Å². The second kappa shape index (κ2) is 7.71. The smallest absolute Gasteiger partial charge is 0.343 e. The van der Waals surface area contributed by atoms with Crippen molar-refractivity contribution in [1.82, 2.24) is 0 Å². The number of aliphatic hydroxyl groups is 2. The molecule has 2 atom stereocenters. The highest BCUT2D eigenvalue weighted by atomic mass is 16.6. The van der Waals surface area contributed by atoms with Crippen molar-refractivity contribution in [2.75, 3.05) is 13.2 Å². The Kier molecular flexibility index (Phi) is 7.03. The Morgan fingerprint density at radius 1 is 1.29 bits per heavy atom. The van der Waals surface area contributed by atoms with Crippen LogP contribution in [0, 0.1) is 0 Å². The lowest BCUT2D eigenvalue weighted by Gasteiger charge is -2.15. The summed E-state index contributed by atoms with van der Waals surface area (Å²) in [7, 11) is 0. The zero-order chi connectivity index (χ0) is 13.4. The molecular weight excluding hydrogens is 236 g/mol. The summed E-state index contributed by atoms with van der Waals surface area (Å²) < 4.78 is 8.92. The molecule has 0 aliphatic carbocycles. The Balaban J connectivity index is 4.36. The van der Waals surface area contributed by atoms with Crippen molar-refractivity contribution in [3.8, 4) is 0 Å². The van der Waals surface area contributed by atoms with Crippen LogP contribution in [0.4, 0.5) is 0 Å². The zero-order valence-corrected chi connectivity index (χ0v) is 9.16. The first-order valence-electron chi connectivity index (χ1n) is 4.71. The van der Waals surface area contributed by atoms with Gasteiger partial charge in [-0.05, 0) is 0 Å². The number of aliphatic carboxylic acids is 1. The number of ether oxygens (including phenoxy) is 2. The summed E-state index contributed by atoms with van der Waals surface area (Å²) in [5, 5.41) is 26.0. The normalized spacial score (nSPS) is 13.8. The van der Waals surface area contributed by atoms with Crippen LogP contribution in [-0.4, -0.2) is 58.6 Å². The van der Waals surface area contributed by atoms with Gasteiger partial charge in [0.25, 0.3) is 0 Å². The van der Waals surface area contributed by atoms with E-state index in [1.165, 1.54) is 0 Å². The molecule has 0 aliphatic rings. The second-order valence-corrected chi connectivity index (χ2v) is 3.17. The van der Waals surface area contributed by atoms with Gasteiger partial charge in [-0.1, -0.05) is 0 Å². The SMILES string of the molecule is CC(=O)OC(=O)C(CC(=O)O)OCC(O)CO. The first-order valence-corrected chi connectivity index (χ1v) is 4.71. The van der Waals surface area contributed by atoms with Gasteiger partial charge >= 0.3 is 17.9 Å². The van der Waals surface area contributed by atoms with Gasteiger partial charge in [0.2, 0.25) is 0 Å². The summed E-state index contributed by atoms with van der Waals surface area (Å²) in [6.45, 7) is -0.0543. The van der Waals surface area contributed by atoms with Gasteiger partial charge in [0.1, 0.15) is 6.10 Å². The molecule has 0 aromatic rings. The maximum atomic E-state index is 11.2. The topological polar surface area (TPSA) is 130 Å². The molecule has 0 aromatic heterocycles. The van der Waals surface area contributed by atoms with Gasteiger partial charge < -0.3 is 24.8 Å². The predicted octanol–water partition coefficient (Wildman–Crippen LogP) is -1.71. The molecule has 0 aromatic carbocycles. The average molecular weight is 250 g/mol. The maximum absolute atomic E-state index is 11.2. The first-order chi connectivity index (χ1) is 7.86. The number of esters is 2. The molecule has 0 amide bonds. The number of carboxylic acid groups (broad SMARTS) is 1. The van der Waals surface area contributed by atoms with Crippen molar-refractivity contribution in [1.29, 1.82) is 0 Å². The van der Waals surface area contributed by atoms with Gasteiger partial charge in [0.05, 0.1) is 19.6 Å². The summed E-state index contributed by atoms with van der Waals surface area (Å²) in [5.41, 5.74) is 0. The van der Waals surface area contributed by atoms with Gasteiger partial charge in [0, 0.05) is 6.92 Å². The molecule has 0 aliphatic heterocycles. The molecule has 2 unspecified atom stereocenters. The van der Waals surface area contributed by atoms with Crippen LogP contribution in [-0.2, 0) is 23.9 Å². The highest BCUT2D eigenvalue weighted by Crippen LogP contribution is 2.03. The van der Waals surface area contributed by atoms with E-state index < -0.39 is 49.8 Å². The Hall–Kier alpha value is -1.51. The lowest BCUT2D eigenvalue weighted by Crippen LogP contribution is -2.33. The van der Waals surface area contributed by atoms with E-state index in [0.29, 0.717) is 0 Å². The molecule has 0 heterocycles. The molecule has 0 rings (SSSR count). The summed E-state index contributed by atoms with van der Waals surface area (Å²) in [6.07, 6.45) is -3.45. The zero-order valence-electron chi connectivity index (χ0n) is 9.16. The molecule has 17 heavy (non-hydrogen) atoms. The monoisotopic (exact) mass is 250 g/mol. The quantitative estimate of drug-likeness (QED) is 0.359. The van der Waals surface area contributed by atoms with E-state index in [4.69, 9.17) is 20.1 Å². The van der Waals surface area contributed by atoms with E-state index in [9.17, 15) is 14.4 Å². The van der Waals surface area contributed by atoms with E-state index in [1.54, 1.807) is 0 Å². The van der Waals surface area contributed by atoms with Crippen molar-refractivity contribution in [3.05, 3.63) is 0 Å². The molecule has 98 valence electrons. The lowest BCUT2D eigenvalue weighted by atomic mass is 10.2. The number of carboxylic acids is 1. The van der Waals surface area contributed by atoms with Crippen LogP contribution >= 0.6 is 0 Å². The molecule has 0 fully saturated rings. The molecule has 0 radical (unpaired) electrons. The van der Waals surface area contributed by atoms with Crippen LogP contribution in [0.1, 0.15) is 13.3 Å². The largest absolute Gasteiger partial charge is 0.481 e.